The van der Waals surface area contributed by atoms with Crippen LogP contribution in [0.1, 0.15) is 23.1 Å². The van der Waals surface area contributed by atoms with E-state index in [2.05, 4.69) is 0 Å². The van der Waals surface area contributed by atoms with Gasteiger partial charge in [0.1, 0.15) is 5.82 Å². The summed E-state index contributed by atoms with van der Waals surface area (Å²) in [6, 6.07) is 3.80. The summed E-state index contributed by atoms with van der Waals surface area (Å²) in [5.41, 5.74) is 2.69. The van der Waals surface area contributed by atoms with Crippen LogP contribution in [-0.2, 0) is 19.3 Å². The zero-order valence-corrected chi connectivity index (χ0v) is 7.52. The lowest BCUT2D eigenvalue weighted by Gasteiger charge is -2.06. The van der Waals surface area contributed by atoms with E-state index in [0.717, 1.165) is 30.4 Å². The molecule has 1 aromatic rings. The second-order valence-electron chi connectivity index (χ2n) is 3.50. The van der Waals surface area contributed by atoms with Crippen molar-refractivity contribution in [2.75, 3.05) is 6.61 Å². The van der Waals surface area contributed by atoms with Gasteiger partial charge in [0.05, 0.1) is 0 Å². The Morgan fingerprint density at radius 3 is 2.92 bits per heavy atom. The molecule has 13 heavy (non-hydrogen) atoms. The van der Waals surface area contributed by atoms with Gasteiger partial charge < -0.3 is 5.11 Å². The third-order valence-electron chi connectivity index (χ3n) is 2.67. The van der Waals surface area contributed by atoms with Gasteiger partial charge in [-0.1, -0.05) is 12.1 Å². The number of hydrogen-bond acceptors (Lipinski definition) is 1. The summed E-state index contributed by atoms with van der Waals surface area (Å²) in [6.07, 6.45) is 3.36. The summed E-state index contributed by atoms with van der Waals surface area (Å²) in [5.74, 6) is -0.0796. The van der Waals surface area contributed by atoms with E-state index in [4.69, 9.17) is 5.11 Å². The van der Waals surface area contributed by atoms with Crippen molar-refractivity contribution in [2.24, 2.45) is 0 Å². The lowest BCUT2D eigenvalue weighted by atomic mass is 10.0. The Morgan fingerprint density at radius 1 is 1.31 bits per heavy atom. The van der Waals surface area contributed by atoms with Gasteiger partial charge in [-0.15, -0.1) is 0 Å². The summed E-state index contributed by atoms with van der Waals surface area (Å²) in [6.45, 7) is 0.0235. The lowest BCUT2D eigenvalue weighted by molar-refractivity contribution is 0.297. The predicted molar refractivity (Wildman–Crippen MR) is 49.2 cm³/mol. The Balaban J connectivity index is 2.40. The van der Waals surface area contributed by atoms with Crippen molar-refractivity contribution in [1.29, 1.82) is 0 Å². The molecule has 0 radical (unpaired) electrons. The van der Waals surface area contributed by atoms with E-state index in [0.29, 0.717) is 12.0 Å². The second kappa shape index (κ2) is 3.46. The van der Waals surface area contributed by atoms with Gasteiger partial charge in [-0.05, 0) is 42.4 Å². The van der Waals surface area contributed by atoms with E-state index in [1.165, 1.54) is 0 Å². The molecule has 1 aliphatic carbocycles. The smallest absolute Gasteiger partial charge is 0.129 e. The molecule has 70 valence electrons. The molecule has 0 fully saturated rings. The first-order chi connectivity index (χ1) is 6.33. The highest BCUT2D eigenvalue weighted by molar-refractivity contribution is 5.37. The van der Waals surface area contributed by atoms with Crippen LogP contribution in [0, 0.1) is 5.82 Å². The summed E-state index contributed by atoms with van der Waals surface area (Å²) < 4.78 is 13.6. The highest BCUT2D eigenvalue weighted by Crippen LogP contribution is 2.26. The quantitative estimate of drug-likeness (QED) is 0.736. The maximum atomic E-state index is 13.6. The minimum atomic E-state index is -0.0796. The number of aliphatic hydroxyl groups is 1. The van der Waals surface area contributed by atoms with Crippen LogP contribution in [0.5, 0.6) is 0 Å². The molecule has 1 nitrogen and oxygen atoms in total. The average Bonchev–Trinajstić information content (AvgIpc) is 2.58. The molecular formula is C11H13FO. The highest BCUT2D eigenvalue weighted by atomic mass is 19.1. The third-order valence-corrected chi connectivity index (χ3v) is 2.67. The van der Waals surface area contributed by atoms with Gasteiger partial charge in [-0.2, -0.15) is 0 Å². The van der Waals surface area contributed by atoms with Crippen LogP contribution in [0.3, 0.4) is 0 Å². The lowest BCUT2D eigenvalue weighted by Crippen LogP contribution is -1.99. The van der Waals surface area contributed by atoms with Gasteiger partial charge in [0.15, 0.2) is 0 Å². The van der Waals surface area contributed by atoms with Crippen molar-refractivity contribution in [3.8, 4) is 0 Å². The minimum Gasteiger partial charge on any atom is -0.396 e. The van der Waals surface area contributed by atoms with Crippen LogP contribution < -0.4 is 0 Å². The van der Waals surface area contributed by atoms with Crippen LogP contribution in [-0.4, -0.2) is 11.7 Å². The van der Waals surface area contributed by atoms with Crippen LogP contribution >= 0.6 is 0 Å². The normalized spacial score (nSPS) is 14.6. The summed E-state index contributed by atoms with van der Waals surface area (Å²) >= 11 is 0. The number of rotatable bonds is 2. The van der Waals surface area contributed by atoms with Crippen molar-refractivity contribution >= 4 is 0 Å². The van der Waals surface area contributed by atoms with Crippen LogP contribution in [0.2, 0.25) is 0 Å². The molecule has 0 saturated heterocycles. The molecule has 0 aromatic heterocycles. The largest absolute Gasteiger partial charge is 0.396 e. The highest BCUT2D eigenvalue weighted by Gasteiger charge is 2.17. The minimum absolute atomic E-state index is 0.0235. The number of hydrogen-bond donors (Lipinski definition) is 1. The third kappa shape index (κ3) is 1.46. The zero-order valence-electron chi connectivity index (χ0n) is 7.52. The maximum Gasteiger partial charge on any atom is 0.129 e. The van der Waals surface area contributed by atoms with Gasteiger partial charge in [-0.25, -0.2) is 4.39 Å². The van der Waals surface area contributed by atoms with Crippen LogP contribution in [0.4, 0.5) is 4.39 Å². The van der Waals surface area contributed by atoms with Crippen LogP contribution in [0.15, 0.2) is 12.1 Å². The monoisotopic (exact) mass is 180 g/mol. The Hall–Kier alpha value is -0.890. The number of benzene rings is 1. The Morgan fingerprint density at radius 2 is 2.15 bits per heavy atom. The van der Waals surface area contributed by atoms with Gasteiger partial charge in [0.2, 0.25) is 0 Å². The topological polar surface area (TPSA) is 20.2 Å². The molecule has 0 aliphatic heterocycles. The van der Waals surface area contributed by atoms with Crippen molar-refractivity contribution in [3.05, 3.63) is 34.6 Å². The average molecular weight is 180 g/mol. The molecule has 0 saturated carbocycles. The van der Waals surface area contributed by atoms with Crippen molar-refractivity contribution < 1.29 is 9.50 Å². The number of fused-ring (bicyclic) bond motifs is 1. The second-order valence-corrected chi connectivity index (χ2v) is 3.50. The number of aryl methyl sites for hydroxylation is 1. The fourth-order valence-electron chi connectivity index (χ4n) is 1.98. The maximum absolute atomic E-state index is 13.6. The summed E-state index contributed by atoms with van der Waals surface area (Å²) in [4.78, 5) is 0. The van der Waals surface area contributed by atoms with Gasteiger partial charge in [0, 0.05) is 6.61 Å². The Bertz CT molecular complexity index is 320. The van der Waals surface area contributed by atoms with Crippen molar-refractivity contribution in [3.63, 3.8) is 0 Å². The zero-order chi connectivity index (χ0) is 9.26. The molecule has 1 aliphatic rings. The first-order valence-electron chi connectivity index (χ1n) is 4.73. The summed E-state index contributed by atoms with van der Waals surface area (Å²) in [5, 5.41) is 8.73. The van der Waals surface area contributed by atoms with E-state index < -0.39 is 0 Å². The van der Waals surface area contributed by atoms with E-state index >= 15 is 0 Å². The molecule has 2 heteroatoms. The number of halogens is 1. The standard InChI is InChI=1S/C11H13FO/c12-11-9(6-7-13)5-4-8-2-1-3-10(8)11/h4-5,13H,1-3,6-7H2. The number of aliphatic hydroxyl groups excluding tert-OH is 1. The Labute approximate surface area is 77.2 Å². The fourth-order valence-corrected chi connectivity index (χ4v) is 1.98. The van der Waals surface area contributed by atoms with Crippen LogP contribution in [0.25, 0.3) is 0 Å². The molecule has 0 atom stereocenters. The fraction of sp³-hybridized carbons (Fsp3) is 0.455. The SMILES string of the molecule is OCCc1ccc2c(c1F)CCC2. The molecule has 0 amide bonds. The van der Waals surface area contributed by atoms with Crippen molar-refractivity contribution in [1.82, 2.24) is 0 Å². The van der Waals surface area contributed by atoms with Gasteiger partial charge >= 0.3 is 0 Å². The van der Waals surface area contributed by atoms with Gasteiger partial charge in [-0.3, -0.25) is 0 Å². The molecule has 0 bridgehead atoms. The predicted octanol–water partition coefficient (Wildman–Crippen LogP) is 1.85. The molecule has 2 rings (SSSR count). The molecule has 0 spiro atoms. The van der Waals surface area contributed by atoms with Gasteiger partial charge in [0.25, 0.3) is 0 Å². The van der Waals surface area contributed by atoms with E-state index in [-0.39, 0.29) is 12.4 Å². The Kier molecular flexibility index (Phi) is 2.32. The first kappa shape index (κ1) is 8.70. The van der Waals surface area contributed by atoms with E-state index in [9.17, 15) is 4.39 Å². The first-order valence-corrected chi connectivity index (χ1v) is 4.73. The van der Waals surface area contributed by atoms with Crippen molar-refractivity contribution in [2.45, 2.75) is 25.7 Å². The van der Waals surface area contributed by atoms with E-state index in [1.54, 1.807) is 6.07 Å². The molecule has 0 heterocycles. The molecule has 0 unspecified atom stereocenters. The van der Waals surface area contributed by atoms with E-state index in [1.807, 2.05) is 6.07 Å². The molecule has 1 aromatic carbocycles. The summed E-state index contributed by atoms with van der Waals surface area (Å²) in [7, 11) is 0. The molecular weight excluding hydrogens is 167 g/mol. The molecule has 1 N–H and O–H groups in total.